The van der Waals surface area contributed by atoms with E-state index in [9.17, 15) is 19.7 Å². The third kappa shape index (κ3) is 5.36. The molecular formula is C21H14BrN3O5. The first-order chi connectivity index (χ1) is 14.4. The van der Waals surface area contributed by atoms with Gasteiger partial charge in [0.05, 0.1) is 16.7 Å². The molecule has 3 aromatic carbocycles. The molecule has 0 aliphatic heterocycles. The van der Waals surface area contributed by atoms with Crippen LogP contribution in [0.15, 0.2) is 82.4 Å². The normalized spacial score (nSPS) is 10.6. The SMILES string of the molecule is O=C(N/N=C\c1ccc(OC(=O)c2ccccc2Br)cc1)c1ccc([N+](=O)[O-])cc1. The Morgan fingerprint density at radius 3 is 2.30 bits per heavy atom. The van der Waals surface area contributed by atoms with Crippen LogP contribution in [0, 0.1) is 10.1 Å². The molecule has 0 unspecified atom stereocenters. The number of ether oxygens (including phenoxy) is 1. The number of benzene rings is 3. The second-order valence-corrected chi connectivity index (χ2v) is 6.80. The Hall–Kier alpha value is -3.85. The molecular weight excluding hydrogens is 454 g/mol. The highest BCUT2D eigenvalue weighted by Crippen LogP contribution is 2.19. The molecule has 0 saturated carbocycles. The van der Waals surface area contributed by atoms with Gasteiger partial charge in [0.25, 0.3) is 11.6 Å². The quantitative estimate of drug-likeness (QED) is 0.190. The van der Waals surface area contributed by atoms with Crippen LogP contribution in [0.4, 0.5) is 5.69 Å². The van der Waals surface area contributed by atoms with Crippen LogP contribution in [0.5, 0.6) is 5.75 Å². The predicted octanol–water partition coefficient (Wildman–Crippen LogP) is 4.34. The Kier molecular flexibility index (Phi) is 6.66. The lowest BCUT2D eigenvalue weighted by Crippen LogP contribution is -2.17. The fourth-order valence-electron chi connectivity index (χ4n) is 2.38. The topological polar surface area (TPSA) is 111 Å². The van der Waals surface area contributed by atoms with Gasteiger partial charge in [0.1, 0.15) is 5.75 Å². The standard InChI is InChI=1S/C21H14BrN3O5/c22-19-4-2-1-3-18(19)21(27)30-17-11-5-14(6-12-17)13-23-24-20(26)15-7-9-16(10-8-15)25(28)29/h1-13H,(H,24,26)/b23-13-. The van der Waals surface area contributed by atoms with E-state index in [1.54, 1.807) is 48.5 Å². The average molecular weight is 468 g/mol. The number of hydrazone groups is 1. The highest BCUT2D eigenvalue weighted by Gasteiger charge is 2.12. The number of halogens is 1. The smallest absolute Gasteiger partial charge is 0.344 e. The maximum atomic E-state index is 12.2. The van der Waals surface area contributed by atoms with Crippen LogP contribution in [0.25, 0.3) is 0 Å². The van der Waals surface area contributed by atoms with E-state index < -0.39 is 16.8 Å². The Labute approximate surface area is 179 Å². The molecule has 1 amide bonds. The maximum absolute atomic E-state index is 12.2. The molecule has 30 heavy (non-hydrogen) atoms. The number of rotatable bonds is 6. The molecule has 0 bridgehead atoms. The van der Waals surface area contributed by atoms with Gasteiger partial charge in [0.2, 0.25) is 0 Å². The number of non-ortho nitro benzene ring substituents is 1. The zero-order valence-corrected chi connectivity index (χ0v) is 16.9. The van der Waals surface area contributed by atoms with Gasteiger partial charge in [0.15, 0.2) is 0 Å². The Balaban J connectivity index is 1.56. The number of esters is 1. The van der Waals surface area contributed by atoms with Gasteiger partial charge in [-0.25, -0.2) is 10.2 Å². The lowest BCUT2D eigenvalue weighted by molar-refractivity contribution is -0.384. The zero-order valence-electron chi connectivity index (χ0n) is 15.3. The maximum Gasteiger partial charge on any atom is 0.344 e. The average Bonchev–Trinajstić information content (AvgIpc) is 2.75. The number of nitrogens with one attached hydrogen (secondary N) is 1. The van der Waals surface area contributed by atoms with Crippen molar-refractivity contribution in [2.75, 3.05) is 0 Å². The van der Waals surface area contributed by atoms with Gasteiger partial charge in [-0.15, -0.1) is 0 Å². The number of nitrogens with zero attached hydrogens (tertiary/aromatic N) is 2. The number of nitro groups is 1. The first kappa shape index (κ1) is 20.9. The highest BCUT2D eigenvalue weighted by molar-refractivity contribution is 9.10. The van der Waals surface area contributed by atoms with E-state index in [0.29, 0.717) is 21.3 Å². The van der Waals surface area contributed by atoms with Gasteiger partial charge in [0, 0.05) is 22.2 Å². The van der Waals surface area contributed by atoms with Crippen molar-refractivity contribution in [3.05, 3.63) is 104 Å². The van der Waals surface area contributed by atoms with Crippen LogP contribution >= 0.6 is 15.9 Å². The van der Waals surface area contributed by atoms with E-state index in [0.717, 1.165) is 0 Å². The second-order valence-electron chi connectivity index (χ2n) is 5.94. The number of hydrogen-bond acceptors (Lipinski definition) is 6. The van der Waals surface area contributed by atoms with Gasteiger partial charge < -0.3 is 4.74 Å². The lowest BCUT2D eigenvalue weighted by Gasteiger charge is -2.06. The summed E-state index contributed by atoms with van der Waals surface area (Å²) in [6.07, 6.45) is 1.42. The van der Waals surface area contributed by atoms with Crippen molar-refractivity contribution < 1.29 is 19.2 Å². The van der Waals surface area contributed by atoms with Gasteiger partial charge in [-0.1, -0.05) is 12.1 Å². The summed E-state index contributed by atoms with van der Waals surface area (Å²) in [6, 6.07) is 18.7. The fraction of sp³-hybridized carbons (Fsp3) is 0. The van der Waals surface area contributed by atoms with E-state index in [1.165, 1.54) is 30.5 Å². The third-order valence-electron chi connectivity index (χ3n) is 3.90. The summed E-state index contributed by atoms with van der Waals surface area (Å²) in [5.41, 5.74) is 3.56. The van der Waals surface area contributed by atoms with Crippen LogP contribution in [0.1, 0.15) is 26.3 Å². The molecule has 0 aliphatic rings. The van der Waals surface area contributed by atoms with E-state index in [2.05, 4.69) is 26.5 Å². The molecule has 8 nitrogen and oxygen atoms in total. The molecule has 0 fully saturated rings. The van der Waals surface area contributed by atoms with Crippen LogP contribution in [0.3, 0.4) is 0 Å². The minimum atomic E-state index is -0.542. The van der Waals surface area contributed by atoms with Gasteiger partial charge >= 0.3 is 5.97 Å². The first-order valence-electron chi connectivity index (χ1n) is 8.58. The third-order valence-corrected chi connectivity index (χ3v) is 4.60. The summed E-state index contributed by atoms with van der Waals surface area (Å²) in [4.78, 5) is 34.3. The molecule has 0 heterocycles. The van der Waals surface area contributed by atoms with E-state index in [4.69, 9.17) is 4.74 Å². The fourth-order valence-corrected chi connectivity index (χ4v) is 2.82. The summed E-state index contributed by atoms with van der Waals surface area (Å²) in [5, 5.41) is 14.5. The van der Waals surface area contributed by atoms with Crippen LogP contribution < -0.4 is 10.2 Å². The Morgan fingerprint density at radius 2 is 1.67 bits per heavy atom. The molecule has 0 saturated heterocycles. The number of hydrogen-bond donors (Lipinski definition) is 1. The first-order valence-corrected chi connectivity index (χ1v) is 9.38. The van der Waals surface area contributed by atoms with Gasteiger partial charge in [-0.05, 0) is 70.0 Å². The van der Waals surface area contributed by atoms with E-state index in [-0.39, 0.29) is 11.3 Å². The molecule has 0 spiro atoms. The minimum Gasteiger partial charge on any atom is -0.423 e. The van der Waals surface area contributed by atoms with E-state index in [1.807, 2.05) is 0 Å². The predicted molar refractivity (Wildman–Crippen MR) is 114 cm³/mol. The molecule has 3 aromatic rings. The monoisotopic (exact) mass is 467 g/mol. The molecule has 9 heteroatoms. The summed E-state index contributed by atoms with van der Waals surface area (Å²) in [5.74, 6) is -0.623. The highest BCUT2D eigenvalue weighted by atomic mass is 79.9. The Morgan fingerprint density at radius 1 is 1.00 bits per heavy atom. The second kappa shape index (κ2) is 9.57. The molecule has 0 aromatic heterocycles. The van der Waals surface area contributed by atoms with Crippen molar-refractivity contribution >= 4 is 39.7 Å². The van der Waals surface area contributed by atoms with E-state index >= 15 is 0 Å². The number of nitro benzene ring substituents is 1. The zero-order chi connectivity index (χ0) is 21.5. The number of carbonyl (C=O) groups excluding carboxylic acids is 2. The van der Waals surface area contributed by atoms with Crippen molar-refractivity contribution in [3.63, 3.8) is 0 Å². The number of amides is 1. The molecule has 3 rings (SSSR count). The molecule has 0 atom stereocenters. The molecule has 150 valence electrons. The van der Waals surface area contributed by atoms with Gasteiger partial charge in [-0.2, -0.15) is 5.10 Å². The van der Waals surface area contributed by atoms with Crippen molar-refractivity contribution in [2.24, 2.45) is 5.10 Å². The summed E-state index contributed by atoms with van der Waals surface area (Å²) < 4.78 is 5.97. The molecule has 0 aliphatic carbocycles. The molecule has 1 N–H and O–H groups in total. The van der Waals surface area contributed by atoms with Crippen molar-refractivity contribution in [3.8, 4) is 5.75 Å². The summed E-state index contributed by atoms with van der Waals surface area (Å²) in [7, 11) is 0. The summed E-state index contributed by atoms with van der Waals surface area (Å²) >= 11 is 3.31. The molecule has 0 radical (unpaired) electrons. The van der Waals surface area contributed by atoms with Crippen LogP contribution in [0.2, 0.25) is 0 Å². The minimum absolute atomic E-state index is 0.101. The lowest BCUT2D eigenvalue weighted by atomic mass is 10.2. The van der Waals surface area contributed by atoms with Crippen molar-refractivity contribution in [1.82, 2.24) is 5.43 Å². The van der Waals surface area contributed by atoms with Crippen molar-refractivity contribution in [1.29, 1.82) is 0 Å². The van der Waals surface area contributed by atoms with Crippen LogP contribution in [-0.2, 0) is 0 Å². The van der Waals surface area contributed by atoms with Crippen LogP contribution in [-0.4, -0.2) is 23.0 Å². The summed E-state index contributed by atoms with van der Waals surface area (Å²) in [6.45, 7) is 0. The van der Waals surface area contributed by atoms with Crippen molar-refractivity contribution in [2.45, 2.75) is 0 Å². The largest absolute Gasteiger partial charge is 0.423 e. The number of carbonyl (C=O) groups is 2. The Bertz CT molecular complexity index is 1110. The van der Waals surface area contributed by atoms with Gasteiger partial charge in [-0.3, -0.25) is 14.9 Å².